The number of pyridine rings is 3. The molecule has 6 aromatic heterocycles. The number of hydrogen-bond acceptors (Lipinski definition) is 18. The summed E-state index contributed by atoms with van der Waals surface area (Å²) < 4.78 is 171. The van der Waals surface area contributed by atoms with Crippen molar-refractivity contribution in [2.24, 2.45) is 21.1 Å². The summed E-state index contributed by atoms with van der Waals surface area (Å²) in [6, 6.07) is 21.5. The number of amides is 1. The lowest BCUT2D eigenvalue weighted by Gasteiger charge is -2.34. The molecular weight excluding hydrogens is 1290 g/mol. The second kappa shape index (κ2) is 30.6. The van der Waals surface area contributed by atoms with Gasteiger partial charge in [0.1, 0.15) is 52.0 Å². The number of aromatic nitrogens is 9. The van der Waals surface area contributed by atoms with E-state index in [0.717, 1.165) is 56.3 Å². The molecule has 9 aromatic rings. The largest absolute Gasteiger partial charge is 0.493 e. The highest BCUT2D eigenvalue weighted by Gasteiger charge is 2.38. The summed E-state index contributed by atoms with van der Waals surface area (Å²) in [7, 11) is 6.95. The number of nitriles is 3. The average molecular weight is 1360 g/mol. The number of carbonyl (C=O) groups is 1. The first-order chi connectivity index (χ1) is 45.4. The summed E-state index contributed by atoms with van der Waals surface area (Å²) >= 11 is 0. The number of aryl methyl sites for hydroxylation is 3. The lowest BCUT2D eigenvalue weighted by Crippen LogP contribution is -2.48. The number of hydrogen-bond donors (Lipinski definition) is 1. The second-order valence-corrected chi connectivity index (χ2v) is 23.8. The summed E-state index contributed by atoms with van der Waals surface area (Å²) in [6.45, 7) is 1.73. The van der Waals surface area contributed by atoms with E-state index in [2.05, 4.69) is 44.3 Å². The Morgan fingerprint density at radius 1 is 0.583 bits per heavy atom. The molecule has 3 aromatic carbocycles. The number of ether oxygens (including phenoxy) is 3. The van der Waals surface area contributed by atoms with Crippen LogP contribution in [0.5, 0.6) is 17.2 Å². The molecule has 1 atom stereocenters. The highest BCUT2D eigenvalue weighted by atomic mass is 32.2. The highest BCUT2D eigenvalue weighted by molar-refractivity contribution is 7.86. The molecule has 0 bridgehead atoms. The topological polar surface area (TPSA) is 270 Å². The van der Waals surface area contributed by atoms with Gasteiger partial charge in [0.15, 0.2) is 17.1 Å². The molecule has 0 spiro atoms. The number of likely N-dealkylation sites (tertiary alicyclic amines) is 1. The summed E-state index contributed by atoms with van der Waals surface area (Å²) in [5.41, 5.74) is 1.51. The molecule has 506 valence electrons. The minimum Gasteiger partial charge on any atom is -0.493 e. The molecule has 1 N–H and O–H groups in total. The maximum atomic E-state index is 13.9. The molecular formula is C64H64F9N15O7S. The minimum atomic E-state index is -4.71. The number of piperidine rings is 1. The van der Waals surface area contributed by atoms with Crippen LogP contribution in [0.25, 0.3) is 66.9 Å². The third-order valence-electron chi connectivity index (χ3n) is 15.2. The molecule has 7 heterocycles. The lowest BCUT2D eigenvalue weighted by molar-refractivity contribution is -0.139. The first-order valence-corrected chi connectivity index (χ1v) is 31.4. The van der Waals surface area contributed by atoms with E-state index >= 15 is 0 Å². The monoisotopic (exact) mass is 1360 g/mol. The van der Waals surface area contributed by atoms with Gasteiger partial charge >= 0.3 is 18.5 Å². The van der Waals surface area contributed by atoms with Crippen molar-refractivity contribution in [3.63, 3.8) is 0 Å². The first-order valence-electron chi connectivity index (χ1n) is 29.6. The zero-order valence-electron chi connectivity index (χ0n) is 52.9. The molecule has 10 rings (SSSR count). The van der Waals surface area contributed by atoms with Crippen LogP contribution in [-0.2, 0) is 58.8 Å². The molecule has 0 aliphatic carbocycles. The molecule has 32 heteroatoms. The fraction of sp³-hybridized carbons (Fsp3) is 0.375. The van der Waals surface area contributed by atoms with Crippen LogP contribution in [0.3, 0.4) is 0 Å². The van der Waals surface area contributed by atoms with Crippen LogP contribution in [0.2, 0.25) is 0 Å². The van der Waals surface area contributed by atoms with Gasteiger partial charge in [0.05, 0.1) is 108 Å². The van der Waals surface area contributed by atoms with Crippen molar-refractivity contribution in [2.45, 2.75) is 63.1 Å². The Hall–Kier alpha value is -9.94. The Morgan fingerprint density at radius 2 is 0.958 bits per heavy atom. The van der Waals surface area contributed by atoms with Crippen LogP contribution in [0, 0.1) is 34.0 Å². The van der Waals surface area contributed by atoms with Gasteiger partial charge in [-0.2, -0.15) is 63.7 Å². The Bertz CT molecular complexity index is 4530. The van der Waals surface area contributed by atoms with Crippen molar-refractivity contribution in [3.05, 3.63) is 126 Å². The number of carbonyl (C=O) groups excluding carboxylic acids is 1. The predicted molar refractivity (Wildman–Crippen MR) is 334 cm³/mol. The fourth-order valence-electron chi connectivity index (χ4n) is 10.3. The first kappa shape index (κ1) is 71.9. The standard InChI is InChI=1S/C26H29F3N6O2.C19H18F3N5O.C19H17F3N4O4S/c1-33-10-5-4-7-21(33)25(36)34(2)11-6-12-37-23-9-8-17(13-18(23)26(27,28)29)19-14-22-24(20(15-30)32-19)31-16-35(22)3;1-24-6-3-7-28-17-5-4-12(8-13(17)19(20,21)22)14-9-16-18(15(10-23)26-14)25-11-27(16)2;1-26-11-24-18-15(10-23)25-14(9-16(18)26)12-4-5-17(13(8-12)19(20,21)22)29-6-3-7-30-31(2,27)28/h8-9,13-14,16,21H,4-7,10-12H2,1-3H3;4-5,8-9,11,24H,3,6-7H2,1-2H3;4-5,8-9,11H,3,6-7H2,1-2H3. The van der Waals surface area contributed by atoms with Crippen LogP contribution < -0.4 is 19.5 Å². The van der Waals surface area contributed by atoms with E-state index in [1.807, 2.05) is 25.3 Å². The van der Waals surface area contributed by atoms with E-state index in [-0.39, 0.29) is 107 Å². The zero-order valence-corrected chi connectivity index (χ0v) is 53.7. The van der Waals surface area contributed by atoms with Gasteiger partial charge in [0.25, 0.3) is 10.1 Å². The van der Waals surface area contributed by atoms with Gasteiger partial charge in [-0.3, -0.25) is 13.9 Å². The summed E-state index contributed by atoms with van der Waals surface area (Å²) in [4.78, 5) is 41.3. The van der Waals surface area contributed by atoms with Crippen molar-refractivity contribution in [3.8, 4) is 69.2 Å². The molecule has 22 nitrogen and oxygen atoms in total. The van der Waals surface area contributed by atoms with E-state index in [9.17, 15) is 68.5 Å². The van der Waals surface area contributed by atoms with Gasteiger partial charge in [0.2, 0.25) is 5.91 Å². The van der Waals surface area contributed by atoms with Crippen molar-refractivity contribution < 1.29 is 71.1 Å². The maximum Gasteiger partial charge on any atom is 0.419 e. The van der Waals surface area contributed by atoms with Crippen LogP contribution in [0.4, 0.5) is 39.5 Å². The molecule has 1 saturated heterocycles. The quantitative estimate of drug-likeness (QED) is 0.0422. The van der Waals surface area contributed by atoms with Crippen LogP contribution in [0.1, 0.15) is 72.3 Å². The van der Waals surface area contributed by atoms with E-state index < -0.39 is 51.1 Å². The Labute approximate surface area is 545 Å². The van der Waals surface area contributed by atoms with Crippen LogP contribution in [-0.4, -0.2) is 147 Å². The predicted octanol–water partition coefficient (Wildman–Crippen LogP) is 11.0. The molecule has 0 saturated carbocycles. The van der Waals surface area contributed by atoms with Gasteiger partial charge in [-0.25, -0.2) is 29.9 Å². The number of nitrogens with one attached hydrogen (secondary N) is 1. The maximum absolute atomic E-state index is 13.9. The molecule has 96 heavy (non-hydrogen) atoms. The minimum absolute atomic E-state index is 0.00728. The highest BCUT2D eigenvalue weighted by Crippen LogP contribution is 2.42. The smallest absolute Gasteiger partial charge is 0.419 e. The Kier molecular flexibility index (Phi) is 22.9. The second-order valence-electron chi connectivity index (χ2n) is 22.2. The number of imidazole rings is 3. The number of benzene rings is 3. The number of rotatable bonds is 20. The summed E-state index contributed by atoms with van der Waals surface area (Å²) in [5, 5.41) is 31.0. The van der Waals surface area contributed by atoms with Crippen molar-refractivity contribution in [1.82, 2.24) is 58.7 Å². The van der Waals surface area contributed by atoms with Gasteiger partial charge < -0.3 is 38.1 Å². The van der Waals surface area contributed by atoms with Gasteiger partial charge in [-0.05, 0) is 126 Å². The van der Waals surface area contributed by atoms with Crippen molar-refractivity contribution >= 4 is 49.1 Å². The van der Waals surface area contributed by atoms with Gasteiger partial charge in [-0.1, -0.05) is 6.42 Å². The van der Waals surface area contributed by atoms with E-state index in [0.29, 0.717) is 59.0 Å². The summed E-state index contributed by atoms with van der Waals surface area (Å²) in [5.74, 6) is -0.899. The van der Waals surface area contributed by atoms with E-state index in [1.54, 1.807) is 72.0 Å². The average Bonchev–Trinajstić information content (AvgIpc) is 1.56. The Balaban J connectivity index is 0.000000186. The van der Waals surface area contributed by atoms with Crippen molar-refractivity contribution in [2.75, 3.05) is 73.5 Å². The number of fused-ring (bicyclic) bond motifs is 3. The lowest BCUT2D eigenvalue weighted by atomic mass is 10.0. The normalized spacial score (nSPS) is 13.7. The number of halogens is 9. The van der Waals surface area contributed by atoms with Crippen LogP contribution >= 0.6 is 0 Å². The van der Waals surface area contributed by atoms with Crippen molar-refractivity contribution in [1.29, 1.82) is 15.8 Å². The van der Waals surface area contributed by atoms with Crippen LogP contribution in [0.15, 0.2) is 91.8 Å². The molecule has 1 unspecified atom stereocenters. The molecule has 1 amide bonds. The molecule has 1 fully saturated rings. The molecule has 0 radical (unpaired) electrons. The zero-order chi connectivity index (χ0) is 69.9. The number of alkyl halides is 9. The number of likely N-dealkylation sites (N-methyl/N-ethyl adjacent to an activating group) is 2. The van der Waals surface area contributed by atoms with E-state index in [4.69, 9.17) is 14.2 Å². The number of nitrogens with zero attached hydrogens (tertiary/aromatic N) is 14. The van der Waals surface area contributed by atoms with Gasteiger partial charge in [-0.15, -0.1) is 0 Å². The third-order valence-corrected chi connectivity index (χ3v) is 15.8. The molecule has 1 aliphatic heterocycles. The Morgan fingerprint density at radius 3 is 1.30 bits per heavy atom. The SMILES string of the molecule is CN(CCCOc1ccc(-c2cc3c(ncn3C)c(C#N)n2)cc1C(F)(F)F)C(=O)C1CCCCN1C.CNCCCOc1ccc(-c2cc3c(ncn3C)c(C#N)n2)cc1C(F)(F)F.Cn1cnc2c(C#N)nc(-c3ccc(OCCCOS(C)(=O)=O)c(C(F)(F)F)c3)cc21. The van der Waals surface area contributed by atoms with Gasteiger partial charge in [0, 0.05) is 57.8 Å². The third kappa shape index (κ3) is 17.7. The van der Waals surface area contributed by atoms with E-state index in [1.165, 1.54) is 49.3 Å². The summed E-state index contributed by atoms with van der Waals surface area (Å²) in [6.07, 6.45) is -4.57. The fourth-order valence-corrected chi connectivity index (χ4v) is 10.7. The molecule has 1 aliphatic rings.